The number of carbonyl (C=O) groups is 1. The van der Waals surface area contributed by atoms with Gasteiger partial charge in [0, 0.05) is 13.7 Å². The summed E-state index contributed by atoms with van der Waals surface area (Å²) < 4.78 is 18.1. The predicted octanol–water partition coefficient (Wildman–Crippen LogP) is 0.358. The zero-order chi connectivity index (χ0) is 17.8. The number of hydrogen-bond donors (Lipinski definition) is 4. The lowest BCUT2D eigenvalue weighted by atomic mass is 9.85. The van der Waals surface area contributed by atoms with Gasteiger partial charge in [0.2, 0.25) is 0 Å². The van der Waals surface area contributed by atoms with Gasteiger partial charge in [-0.1, -0.05) is 20.8 Å². The Kier molecular flexibility index (Phi) is 6.17. The van der Waals surface area contributed by atoms with Crippen molar-refractivity contribution in [1.29, 1.82) is 0 Å². The van der Waals surface area contributed by atoms with E-state index in [4.69, 9.17) is 10.8 Å². The Labute approximate surface area is 132 Å². The lowest BCUT2D eigenvalue weighted by molar-refractivity contribution is -0.317. The van der Waals surface area contributed by atoms with Crippen LogP contribution in [0.2, 0.25) is 0 Å². The third kappa shape index (κ3) is 4.39. The van der Waals surface area contributed by atoms with Gasteiger partial charge in [0.15, 0.2) is 0 Å². The average molecular weight is 321 g/mol. The van der Waals surface area contributed by atoms with Crippen molar-refractivity contribution in [2.45, 2.75) is 70.7 Å². The Balaban J connectivity index is 2.95. The fourth-order valence-electron chi connectivity index (χ4n) is 2.41. The van der Waals surface area contributed by atoms with Crippen LogP contribution in [0.4, 0.5) is 0 Å². The minimum absolute atomic E-state index is 0.134. The molecular weight excluding hydrogens is 292 g/mol. The minimum Gasteiger partial charge on any atom is -0.477 e. The first-order chi connectivity index (χ1) is 10.6. The monoisotopic (exact) mass is 321 g/mol. The third-order valence-electron chi connectivity index (χ3n) is 4.02. The quantitative estimate of drug-likeness (QED) is 0.535. The highest BCUT2D eigenvalue weighted by Crippen LogP contribution is 2.36. The number of carboxylic acids is 1. The van der Waals surface area contributed by atoms with Crippen LogP contribution in [0.1, 0.15) is 41.9 Å². The van der Waals surface area contributed by atoms with Gasteiger partial charge in [-0.15, -0.1) is 0 Å². The number of aliphatic carboxylic acids is 1. The number of carboxylic acid groups (broad SMARTS) is 1. The summed E-state index contributed by atoms with van der Waals surface area (Å²) in [7, 11) is 0. The van der Waals surface area contributed by atoms with Gasteiger partial charge in [0.25, 0.3) is 5.79 Å². The molecule has 0 bridgehead atoms. The second kappa shape index (κ2) is 7.70. The summed E-state index contributed by atoms with van der Waals surface area (Å²) in [4.78, 5) is 11.7. The Bertz CT molecular complexity index is 392. The van der Waals surface area contributed by atoms with Crippen LogP contribution in [0.3, 0.4) is 0 Å². The summed E-state index contributed by atoms with van der Waals surface area (Å²) >= 11 is 0. The summed E-state index contributed by atoms with van der Waals surface area (Å²) in [6, 6.07) is 0. The Hall–Kier alpha value is -0.730. The summed E-state index contributed by atoms with van der Waals surface area (Å²) in [6.45, 7) is 5.20. The first-order valence-electron chi connectivity index (χ1n) is 8.24. The smallest absolute Gasteiger partial charge is 0.364 e. The molecule has 0 spiro atoms. The van der Waals surface area contributed by atoms with Crippen LogP contribution >= 0.6 is 0 Å². The predicted molar refractivity (Wildman–Crippen MR) is 78.1 cm³/mol. The van der Waals surface area contributed by atoms with Gasteiger partial charge in [-0.2, -0.15) is 0 Å². The third-order valence-corrected chi connectivity index (χ3v) is 4.02. The van der Waals surface area contributed by atoms with Crippen molar-refractivity contribution in [2.75, 3.05) is 6.61 Å². The van der Waals surface area contributed by atoms with Gasteiger partial charge < -0.3 is 29.9 Å². The molecule has 0 aromatic heterocycles. The largest absolute Gasteiger partial charge is 0.477 e. The minimum atomic E-state index is -2.06. The van der Waals surface area contributed by atoms with Gasteiger partial charge >= 0.3 is 5.97 Å². The maximum Gasteiger partial charge on any atom is 0.364 e. The van der Waals surface area contributed by atoms with E-state index >= 15 is 0 Å². The molecule has 7 nitrogen and oxygen atoms in total. The van der Waals surface area contributed by atoms with E-state index in [0.717, 1.165) is 0 Å². The van der Waals surface area contributed by atoms with Gasteiger partial charge in [0.05, 0.1) is 24.9 Å². The lowest BCUT2D eigenvalue weighted by Crippen LogP contribution is -2.60. The highest BCUT2D eigenvalue weighted by Gasteiger charge is 2.53. The van der Waals surface area contributed by atoms with E-state index in [2.05, 4.69) is 0 Å². The van der Waals surface area contributed by atoms with Crippen LogP contribution in [-0.4, -0.2) is 63.2 Å². The van der Waals surface area contributed by atoms with E-state index in [1.54, 1.807) is 6.92 Å². The summed E-state index contributed by atoms with van der Waals surface area (Å²) in [5.74, 6) is -3.74. The van der Waals surface area contributed by atoms with Crippen molar-refractivity contribution in [3.8, 4) is 0 Å². The topological polar surface area (TPSA) is 116 Å². The molecule has 0 amide bonds. The van der Waals surface area contributed by atoms with E-state index in [-0.39, 0.29) is 13.0 Å². The standard InChI is InChI=1S/C15H28O7/c1-8(2)5-6-21-15(14(19)20)7-11(17)9(3)13(22-15)12(18)10(4)16/h8-13,16-18H,5-7H2,1-4H3,(H,19,20)/i4D. The molecule has 4 N–H and O–H groups in total. The molecule has 1 fully saturated rings. The molecule has 0 radical (unpaired) electrons. The van der Waals surface area contributed by atoms with Crippen molar-refractivity contribution in [1.82, 2.24) is 0 Å². The van der Waals surface area contributed by atoms with Crippen LogP contribution in [0.5, 0.6) is 0 Å². The fourth-order valence-corrected chi connectivity index (χ4v) is 2.41. The first kappa shape index (κ1) is 17.6. The molecule has 0 saturated carbocycles. The van der Waals surface area contributed by atoms with Crippen LogP contribution in [0, 0.1) is 11.8 Å². The highest BCUT2D eigenvalue weighted by atomic mass is 16.7. The molecule has 1 heterocycles. The van der Waals surface area contributed by atoms with Crippen molar-refractivity contribution < 1.29 is 36.1 Å². The first-order valence-corrected chi connectivity index (χ1v) is 7.53. The van der Waals surface area contributed by atoms with E-state index in [1.165, 1.54) is 0 Å². The van der Waals surface area contributed by atoms with Crippen LogP contribution in [-0.2, 0) is 14.3 Å². The van der Waals surface area contributed by atoms with E-state index < -0.39 is 49.0 Å². The molecule has 1 rings (SSSR count). The molecule has 6 unspecified atom stereocenters. The average Bonchev–Trinajstić information content (AvgIpc) is 2.48. The van der Waals surface area contributed by atoms with E-state index in [0.29, 0.717) is 12.3 Å². The molecule has 22 heavy (non-hydrogen) atoms. The number of aliphatic hydroxyl groups is 3. The van der Waals surface area contributed by atoms with Gasteiger partial charge in [0.1, 0.15) is 6.10 Å². The molecule has 1 aliphatic heterocycles. The van der Waals surface area contributed by atoms with Crippen molar-refractivity contribution in [2.24, 2.45) is 11.8 Å². The molecule has 6 atom stereocenters. The number of rotatable bonds is 7. The summed E-state index contributed by atoms with van der Waals surface area (Å²) in [5, 5.41) is 39.4. The van der Waals surface area contributed by atoms with Crippen LogP contribution in [0.25, 0.3) is 0 Å². The fraction of sp³-hybridized carbons (Fsp3) is 0.933. The molecule has 0 aromatic rings. The SMILES string of the molecule is [2H]CC(O)C(O)C1OC(OCCC(C)C)(C(=O)O)CC(O)C1C. The lowest BCUT2D eigenvalue weighted by Gasteiger charge is -2.45. The van der Waals surface area contributed by atoms with Gasteiger partial charge in [-0.05, 0) is 19.2 Å². The maximum atomic E-state index is 11.7. The molecule has 7 heteroatoms. The molecule has 0 aromatic carbocycles. The molecule has 130 valence electrons. The molecule has 1 saturated heterocycles. The number of hydrogen-bond acceptors (Lipinski definition) is 6. The van der Waals surface area contributed by atoms with Gasteiger partial charge in [-0.25, -0.2) is 4.79 Å². The van der Waals surface area contributed by atoms with Crippen molar-refractivity contribution in [3.63, 3.8) is 0 Å². The van der Waals surface area contributed by atoms with E-state index in [1.807, 2.05) is 13.8 Å². The van der Waals surface area contributed by atoms with Crippen molar-refractivity contribution >= 4 is 5.97 Å². The second-order valence-corrected chi connectivity index (χ2v) is 6.36. The Morgan fingerprint density at radius 1 is 1.50 bits per heavy atom. The normalized spacial score (nSPS) is 36.0. The number of aliphatic hydroxyl groups excluding tert-OH is 3. The van der Waals surface area contributed by atoms with Crippen LogP contribution in [0.15, 0.2) is 0 Å². The zero-order valence-electron chi connectivity index (χ0n) is 14.3. The molecular formula is C15H28O7. The Morgan fingerprint density at radius 3 is 2.64 bits per heavy atom. The second-order valence-electron chi connectivity index (χ2n) is 6.36. The zero-order valence-corrected chi connectivity index (χ0v) is 13.3. The van der Waals surface area contributed by atoms with Crippen molar-refractivity contribution in [3.05, 3.63) is 0 Å². The molecule has 0 aliphatic carbocycles. The molecule has 1 aliphatic rings. The Morgan fingerprint density at radius 2 is 2.14 bits per heavy atom. The number of ether oxygens (including phenoxy) is 2. The highest BCUT2D eigenvalue weighted by molar-refractivity contribution is 5.76. The van der Waals surface area contributed by atoms with Gasteiger partial charge in [-0.3, -0.25) is 0 Å². The summed E-state index contributed by atoms with van der Waals surface area (Å²) in [6.07, 6.45) is -4.74. The van der Waals surface area contributed by atoms with Crippen LogP contribution < -0.4 is 0 Å². The van der Waals surface area contributed by atoms with E-state index in [9.17, 15) is 25.2 Å². The maximum absolute atomic E-state index is 11.7. The summed E-state index contributed by atoms with van der Waals surface area (Å²) in [5.41, 5.74) is 0.